The molecule has 2 saturated heterocycles. The Morgan fingerprint density at radius 1 is 1.47 bits per heavy atom. The van der Waals surface area contributed by atoms with Gasteiger partial charge in [0.25, 0.3) is 0 Å². The Labute approximate surface area is 111 Å². The van der Waals surface area contributed by atoms with Crippen LogP contribution in [0.5, 0.6) is 5.75 Å². The summed E-state index contributed by atoms with van der Waals surface area (Å²) < 4.78 is 5.17. The van der Waals surface area contributed by atoms with Gasteiger partial charge in [0, 0.05) is 31.6 Å². The molecule has 0 unspecified atom stereocenters. The van der Waals surface area contributed by atoms with Crippen LogP contribution in [0.2, 0.25) is 0 Å². The molecular formula is C13H17N3O3. The van der Waals surface area contributed by atoms with Crippen LogP contribution < -0.4 is 9.64 Å². The number of amides is 1. The summed E-state index contributed by atoms with van der Waals surface area (Å²) in [6, 6.07) is 2.06. The van der Waals surface area contributed by atoms with Crippen molar-refractivity contribution in [1.29, 1.82) is 0 Å². The second-order valence-corrected chi connectivity index (χ2v) is 5.08. The van der Waals surface area contributed by atoms with Crippen LogP contribution in [0.25, 0.3) is 0 Å². The number of ether oxygens (including phenoxy) is 1. The molecule has 0 aliphatic carbocycles. The van der Waals surface area contributed by atoms with E-state index >= 15 is 0 Å². The lowest BCUT2D eigenvalue weighted by atomic mass is 10.1. The number of rotatable bonds is 2. The maximum Gasteiger partial charge on any atom is 0.407 e. The standard InChI is InChI=1S/C13H17N3O3/c1-19-11-4-10(5-14-6-11)15-7-9-2-3-16(13(17)18)12(9)8-15/h4-6,9,12H,2-3,7-8H2,1H3,(H,17,18)/t9-,12+/m1/s1. The van der Waals surface area contributed by atoms with E-state index in [2.05, 4.69) is 9.88 Å². The minimum absolute atomic E-state index is 0.115. The van der Waals surface area contributed by atoms with Gasteiger partial charge in [0.2, 0.25) is 0 Å². The third-order valence-corrected chi connectivity index (χ3v) is 4.09. The molecule has 2 fully saturated rings. The molecule has 0 radical (unpaired) electrons. The molecule has 3 rings (SSSR count). The Hall–Kier alpha value is -1.98. The molecule has 6 heteroatoms. The van der Waals surface area contributed by atoms with Crippen molar-refractivity contribution in [2.45, 2.75) is 12.5 Å². The molecule has 1 amide bonds. The zero-order valence-corrected chi connectivity index (χ0v) is 10.8. The number of fused-ring (bicyclic) bond motifs is 1. The van der Waals surface area contributed by atoms with Crippen molar-refractivity contribution in [3.05, 3.63) is 18.5 Å². The Morgan fingerprint density at radius 2 is 2.32 bits per heavy atom. The smallest absolute Gasteiger partial charge is 0.407 e. The molecule has 0 aromatic carbocycles. The highest BCUT2D eigenvalue weighted by Crippen LogP contribution is 2.34. The van der Waals surface area contributed by atoms with Crippen molar-refractivity contribution in [3.8, 4) is 5.75 Å². The first kappa shape index (κ1) is 12.1. The van der Waals surface area contributed by atoms with Gasteiger partial charge < -0.3 is 19.6 Å². The van der Waals surface area contributed by atoms with E-state index in [1.54, 1.807) is 24.4 Å². The third kappa shape index (κ3) is 2.07. The minimum Gasteiger partial charge on any atom is -0.495 e. The van der Waals surface area contributed by atoms with Crippen molar-refractivity contribution < 1.29 is 14.6 Å². The maximum absolute atomic E-state index is 11.2. The van der Waals surface area contributed by atoms with Gasteiger partial charge in [0.15, 0.2) is 0 Å². The zero-order valence-electron chi connectivity index (χ0n) is 10.8. The number of hydrogen-bond acceptors (Lipinski definition) is 4. The van der Waals surface area contributed by atoms with Crippen LogP contribution >= 0.6 is 0 Å². The van der Waals surface area contributed by atoms with E-state index in [0.29, 0.717) is 12.5 Å². The fourth-order valence-electron chi connectivity index (χ4n) is 3.10. The highest BCUT2D eigenvalue weighted by molar-refractivity contribution is 5.66. The Morgan fingerprint density at radius 3 is 3.05 bits per heavy atom. The number of nitrogens with zero attached hydrogens (tertiary/aromatic N) is 3. The van der Waals surface area contributed by atoms with Gasteiger partial charge in [0.1, 0.15) is 5.75 Å². The molecule has 1 aromatic rings. The molecule has 0 spiro atoms. The van der Waals surface area contributed by atoms with E-state index in [1.807, 2.05) is 6.07 Å². The monoisotopic (exact) mass is 263 g/mol. The largest absolute Gasteiger partial charge is 0.495 e. The van der Waals surface area contributed by atoms with Crippen LogP contribution in [-0.4, -0.2) is 53.9 Å². The van der Waals surface area contributed by atoms with Crippen LogP contribution in [0.3, 0.4) is 0 Å². The number of carboxylic acid groups (broad SMARTS) is 1. The van der Waals surface area contributed by atoms with Crippen LogP contribution in [0.1, 0.15) is 6.42 Å². The van der Waals surface area contributed by atoms with E-state index in [0.717, 1.165) is 30.9 Å². The van der Waals surface area contributed by atoms with Crippen molar-refractivity contribution in [2.24, 2.45) is 5.92 Å². The van der Waals surface area contributed by atoms with Crippen LogP contribution in [0.15, 0.2) is 18.5 Å². The van der Waals surface area contributed by atoms with Crippen LogP contribution in [0.4, 0.5) is 10.5 Å². The van der Waals surface area contributed by atoms with E-state index in [1.165, 1.54) is 0 Å². The topological polar surface area (TPSA) is 65.9 Å². The minimum atomic E-state index is -0.807. The normalized spacial score (nSPS) is 25.5. The molecular weight excluding hydrogens is 246 g/mol. The molecule has 102 valence electrons. The summed E-state index contributed by atoms with van der Waals surface area (Å²) in [6.07, 6.45) is 3.61. The summed E-state index contributed by atoms with van der Waals surface area (Å²) in [5.41, 5.74) is 0.999. The molecule has 1 N–H and O–H groups in total. The summed E-state index contributed by atoms with van der Waals surface area (Å²) >= 11 is 0. The van der Waals surface area contributed by atoms with E-state index in [9.17, 15) is 9.90 Å². The van der Waals surface area contributed by atoms with Crippen LogP contribution in [-0.2, 0) is 0 Å². The average molecular weight is 263 g/mol. The zero-order chi connectivity index (χ0) is 13.4. The van der Waals surface area contributed by atoms with E-state index < -0.39 is 6.09 Å². The molecule has 3 heterocycles. The number of aromatic nitrogens is 1. The lowest BCUT2D eigenvalue weighted by Crippen LogP contribution is -2.38. The molecule has 6 nitrogen and oxygen atoms in total. The van der Waals surface area contributed by atoms with Gasteiger partial charge in [-0.05, 0) is 6.42 Å². The molecule has 1 aromatic heterocycles. The van der Waals surface area contributed by atoms with Gasteiger partial charge in [-0.3, -0.25) is 4.98 Å². The predicted octanol–water partition coefficient (Wildman–Crippen LogP) is 1.28. The lowest BCUT2D eigenvalue weighted by molar-refractivity contribution is 0.140. The summed E-state index contributed by atoms with van der Waals surface area (Å²) in [5.74, 6) is 1.16. The number of likely N-dealkylation sites (tertiary alicyclic amines) is 1. The van der Waals surface area contributed by atoms with E-state index in [-0.39, 0.29) is 6.04 Å². The summed E-state index contributed by atoms with van der Waals surface area (Å²) in [6.45, 7) is 2.30. The number of carbonyl (C=O) groups is 1. The molecule has 19 heavy (non-hydrogen) atoms. The lowest BCUT2D eigenvalue weighted by Gasteiger charge is -2.23. The number of pyridine rings is 1. The van der Waals surface area contributed by atoms with Gasteiger partial charge in [-0.1, -0.05) is 0 Å². The fourth-order valence-corrected chi connectivity index (χ4v) is 3.10. The highest BCUT2D eigenvalue weighted by Gasteiger charge is 2.43. The van der Waals surface area contributed by atoms with Crippen molar-refractivity contribution in [3.63, 3.8) is 0 Å². The number of anilines is 1. The second kappa shape index (κ2) is 4.60. The average Bonchev–Trinajstić information content (AvgIpc) is 2.98. The Balaban J connectivity index is 1.77. The van der Waals surface area contributed by atoms with Crippen molar-refractivity contribution in [2.75, 3.05) is 31.6 Å². The van der Waals surface area contributed by atoms with Gasteiger partial charge in [-0.25, -0.2) is 4.79 Å². The van der Waals surface area contributed by atoms with Gasteiger partial charge in [-0.15, -0.1) is 0 Å². The Kier molecular flexibility index (Phi) is 2.93. The Bertz CT molecular complexity index is 494. The van der Waals surface area contributed by atoms with Gasteiger partial charge in [-0.2, -0.15) is 0 Å². The van der Waals surface area contributed by atoms with Crippen molar-refractivity contribution >= 4 is 11.8 Å². The first-order valence-corrected chi connectivity index (χ1v) is 6.42. The maximum atomic E-state index is 11.2. The highest BCUT2D eigenvalue weighted by atomic mass is 16.5. The first-order valence-electron chi connectivity index (χ1n) is 6.42. The summed E-state index contributed by atoms with van der Waals surface area (Å²) in [5, 5.41) is 9.17. The predicted molar refractivity (Wildman–Crippen MR) is 69.6 cm³/mol. The molecule has 0 bridgehead atoms. The summed E-state index contributed by atoms with van der Waals surface area (Å²) in [4.78, 5) is 19.1. The molecule has 2 aliphatic rings. The summed E-state index contributed by atoms with van der Waals surface area (Å²) in [7, 11) is 1.62. The first-order chi connectivity index (χ1) is 9.19. The second-order valence-electron chi connectivity index (χ2n) is 5.08. The van der Waals surface area contributed by atoms with Gasteiger partial charge >= 0.3 is 6.09 Å². The SMILES string of the molecule is COc1cncc(N2C[C@H]3CCN(C(=O)O)[C@H]3C2)c1. The van der Waals surface area contributed by atoms with Crippen molar-refractivity contribution in [1.82, 2.24) is 9.88 Å². The molecule has 2 aliphatic heterocycles. The fraction of sp³-hybridized carbons (Fsp3) is 0.538. The van der Waals surface area contributed by atoms with Gasteiger partial charge in [0.05, 0.1) is 31.2 Å². The van der Waals surface area contributed by atoms with E-state index in [4.69, 9.17) is 4.74 Å². The molecule has 2 atom stereocenters. The van der Waals surface area contributed by atoms with Crippen LogP contribution in [0, 0.1) is 5.92 Å². The molecule has 0 saturated carbocycles. The number of hydrogen-bond donors (Lipinski definition) is 1. The number of methoxy groups -OCH3 is 1. The quantitative estimate of drug-likeness (QED) is 0.870. The third-order valence-electron chi connectivity index (χ3n) is 4.09.